The molecule has 1 unspecified atom stereocenters. The summed E-state index contributed by atoms with van der Waals surface area (Å²) >= 11 is 1.55. The molecule has 0 aliphatic carbocycles. The molecule has 0 heterocycles. The van der Waals surface area contributed by atoms with Crippen LogP contribution < -0.4 is 5.32 Å². The first-order valence-electron chi connectivity index (χ1n) is 11.2. The monoisotopic (exact) mass is 458 g/mol. The van der Waals surface area contributed by atoms with E-state index in [0.29, 0.717) is 18.9 Å². The van der Waals surface area contributed by atoms with Crippen LogP contribution in [0.4, 0.5) is 4.39 Å². The molecular formula is C26H35FN2O2S. The molecule has 0 saturated carbocycles. The SMILES string of the molecule is CCC(C(=O)NCC(C)C)N(Cc1ccc(F)cc1)C(=O)CSCc1cc(C)cc(C)c1. The number of nitrogens with zero attached hydrogens (tertiary/aromatic N) is 1. The third-order valence-electron chi connectivity index (χ3n) is 5.11. The van der Waals surface area contributed by atoms with Crippen molar-refractivity contribution in [1.82, 2.24) is 10.2 Å². The molecule has 32 heavy (non-hydrogen) atoms. The van der Waals surface area contributed by atoms with Crippen LogP contribution in [-0.4, -0.2) is 35.1 Å². The molecule has 0 aliphatic rings. The molecule has 4 nitrogen and oxygen atoms in total. The molecule has 2 rings (SSSR count). The first-order chi connectivity index (χ1) is 15.2. The molecule has 1 N–H and O–H groups in total. The van der Waals surface area contributed by atoms with Crippen LogP contribution in [0.2, 0.25) is 0 Å². The van der Waals surface area contributed by atoms with Gasteiger partial charge in [0.2, 0.25) is 11.8 Å². The molecule has 1 atom stereocenters. The molecule has 0 aliphatic heterocycles. The lowest BCUT2D eigenvalue weighted by Crippen LogP contribution is -2.50. The molecule has 0 saturated heterocycles. The third-order valence-corrected chi connectivity index (χ3v) is 6.10. The Bertz CT molecular complexity index is 879. The van der Waals surface area contributed by atoms with Gasteiger partial charge in [0.25, 0.3) is 0 Å². The molecule has 0 fully saturated rings. The molecule has 0 radical (unpaired) electrons. The molecular weight excluding hydrogens is 423 g/mol. The Labute approximate surface area is 196 Å². The minimum Gasteiger partial charge on any atom is -0.354 e. The molecule has 0 aromatic heterocycles. The number of carbonyl (C=O) groups excluding carboxylic acids is 2. The molecule has 0 spiro atoms. The number of hydrogen-bond acceptors (Lipinski definition) is 3. The maximum atomic E-state index is 13.3. The number of hydrogen-bond donors (Lipinski definition) is 1. The smallest absolute Gasteiger partial charge is 0.242 e. The van der Waals surface area contributed by atoms with Gasteiger partial charge >= 0.3 is 0 Å². The van der Waals surface area contributed by atoms with Gasteiger partial charge in [0.15, 0.2) is 0 Å². The van der Waals surface area contributed by atoms with Gasteiger partial charge in [-0.1, -0.05) is 62.2 Å². The van der Waals surface area contributed by atoms with Gasteiger partial charge in [-0.15, -0.1) is 11.8 Å². The molecule has 2 amide bonds. The second-order valence-electron chi connectivity index (χ2n) is 8.70. The summed E-state index contributed by atoms with van der Waals surface area (Å²) in [7, 11) is 0. The largest absolute Gasteiger partial charge is 0.354 e. The van der Waals surface area contributed by atoms with Gasteiger partial charge in [0, 0.05) is 18.8 Å². The maximum Gasteiger partial charge on any atom is 0.242 e. The summed E-state index contributed by atoms with van der Waals surface area (Å²) in [6.45, 7) is 11.0. The Morgan fingerprint density at radius 3 is 2.22 bits per heavy atom. The van der Waals surface area contributed by atoms with E-state index >= 15 is 0 Å². The number of thioether (sulfide) groups is 1. The van der Waals surface area contributed by atoms with Crippen molar-refractivity contribution in [2.45, 2.75) is 59.4 Å². The minimum atomic E-state index is -0.562. The second-order valence-corrected chi connectivity index (χ2v) is 9.69. The van der Waals surface area contributed by atoms with Crippen LogP contribution in [0.25, 0.3) is 0 Å². The minimum absolute atomic E-state index is 0.0877. The normalized spacial score (nSPS) is 12.0. The van der Waals surface area contributed by atoms with E-state index in [9.17, 15) is 14.0 Å². The Morgan fingerprint density at radius 1 is 1.03 bits per heavy atom. The van der Waals surface area contributed by atoms with Gasteiger partial charge in [-0.25, -0.2) is 4.39 Å². The van der Waals surface area contributed by atoms with Crippen LogP contribution in [0.1, 0.15) is 49.4 Å². The first kappa shape index (κ1) is 25.9. The van der Waals surface area contributed by atoms with Crippen molar-refractivity contribution in [2.24, 2.45) is 5.92 Å². The number of carbonyl (C=O) groups is 2. The topological polar surface area (TPSA) is 49.4 Å². The molecule has 6 heteroatoms. The second kappa shape index (κ2) is 12.6. The highest BCUT2D eigenvalue weighted by Gasteiger charge is 2.28. The number of benzene rings is 2. The van der Waals surface area contributed by atoms with Crippen molar-refractivity contribution in [1.29, 1.82) is 0 Å². The van der Waals surface area contributed by atoms with Gasteiger partial charge in [-0.05, 0) is 49.4 Å². The zero-order valence-corrected chi connectivity index (χ0v) is 20.6. The fourth-order valence-electron chi connectivity index (χ4n) is 3.62. The average Bonchev–Trinajstić information content (AvgIpc) is 2.72. The van der Waals surface area contributed by atoms with Crippen molar-refractivity contribution in [3.63, 3.8) is 0 Å². The highest BCUT2D eigenvalue weighted by Crippen LogP contribution is 2.19. The highest BCUT2D eigenvalue weighted by atomic mass is 32.2. The lowest BCUT2D eigenvalue weighted by atomic mass is 10.1. The maximum absolute atomic E-state index is 13.3. The zero-order valence-electron chi connectivity index (χ0n) is 19.8. The summed E-state index contributed by atoms with van der Waals surface area (Å²) in [5.74, 6) is 0.784. The molecule has 2 aromatic carbocycles. The Kier molecular flexibility index (Phi) is 10.2. The number of amides is 2. The number of halogens is 1. The van der Waals surface area contributed by atoms with Crippen LogP contribution in [0.5, 0.6) is 0 Å². The fourth-order valence-corrected chi connectivity index (χ4v) is 4.46. The van der Waals surface area contributed by atoms with Crippen LogP contribution in [0.3, 0.4) is 0 Å². The van der Waals surface area contributed by atoms with E-state index in [2.05, 4.69) is 37.4 Å². The third kappa shape index (κ3) is 8.30. The Balaban J connectivity index is 2.12. The van der Waals surface area contributed by atoms with Crippen molar-refractivity contribution >= 4 is 23.6 Å². The summed E-state index contributed by atoms with van der Waals surface area (Å²) < 4.78 is 13.3. The highest BCUT2D eigenvalue weighted by molar-refractivity contribution is 7.99. The quantitative estimate of drug-likeness (QED) is 0.500. The van der Waals surface area contributed by atoms with E-state index in [1.165, 1.54) is 28.8 Å². The summed E-state index contributed by atoms with van der Waals surface area (Å²) in [5, 5.41) is 2.96. The van der Waals surface area contributed by atoms with Gasteiger partial charge in [0.1, 0.15) is 11.9 Å². The lowest BCUT2D eigenvalue weighted by Gasteiger charge is -2.31. The van der Waals surface area contributed by atoms with Crippen LogP contribution in [-0.2, 0) is 21.9 Å². The average molecular weight is 459 g/mol. The van der Waals surface area contributed by atoms with Crippen molar-refractivity contribution < 1.29 is 14.0 Å². The standard InChI is InChI=1S/C26H35FN2O2S/c1-6-24(26(31)28-14-18(2)3)29(15-21-7-9-23(27)10-8-21)25(30)17-32-16-22-12-19(4)11-20(5)13-22/h7-13,18,24H,6,14-17H2,1-5H3,(H,28,31). The number of rotatable bonds is 11. The summed E-state index contributed by atoms with van der Waals surface area (Å²) in [4.78, 5) is 27.7. The predicted molar refractivity (Wildman–Crippen MR) is 131 cm³/mol. The van der Waals surface area contributed by atoms with Gasteiger partial charge < -0.3 is 10.2 Å². The summed E-state index contributed by atoms with van der Waals surface area (Å²) in [5.41, 5.74) is 4.40. The van der Waals surface area contributed by atoms with E-state index < -0.39 is 6.04 Å². The zero-order chi connectivity index (χ0) is 23.7. The van der Waals surface area contributed by atoms with Crippen molar-refractivity contribution in [3.05, 3.63) is 70.5 Å². The van der Waals surface area contributed by atoms with Crippen LogP contribution in [0.15, 0.2) is 42.5 Å². The van der Waals surface area contributed by atoms with E-state index in [0.717, 1.165) is 11.3 Å². The molecule has 174 valence electrons. The van der Waals surface area contributed by atoms with Gasteiger partial charge in [-0.2, -0.15) is 0 Å². The van der Waals surface area contributed by atoms with E-state index in [-0.39, 0.29) is 29.9 Å². The summed E-state index contributed by atoms with van der Waals surface area (Å²) in [6.07, 6.45) is 0.513. The molecule has 0 bridgehead atoms. The van der Waals surface area contributed by atoms with Crippen molar-refractivity contribution in [2.75, 3.05) is 12.3 Å². The van der Waals surface area contributed by atoms with Crippen molar-refractivity contribution in [3.8, 4) is 0 Å². The van der Waals surface area contributed by atoms with E-state index in [1.807, 2.05) is 20.8 Å². The van der Waals surface area contributed by atoms with Crippen LogP contribution >= 0.6 is 11.8 Å². The predicted octanol–water partition coefficient (Wildman–Crippen LogP) is 5.26. The van der Waals surface area contributed by atoms with Gasteiger partial charge in [0.05, 0.1) is 5.75 Å². The van der Waals surface area contributed by atoms with Gasteiger partial charge in [-0.3, -0.25) is 9.59 Å². The number of aryl methyl sites for hydroxylation is 2. The van der Waals surface area contributed by atoms with Crippen LogP contribution in [0, 0.1) is 25.6 Å². The lowest BCUT2D eigenvalue weighted by molar-refractivity contribution is -0.139. The Hall–Kier alpha value is -2.34. The van der Waals surface area contributed by atoms with E-state index in [1.54, 1.807) is 28.8 Å². The Morgan fingerprint density at radius 2 is 1.66 bits per heavy atom. The molecule has 2 aromatic rings. The fraction of sp³-hybridized carbons (Fsp3) is 0.462. The number of nitrogens with one attached hydrogen (secondary N) is 1. The summed E-state index contributed by atoms with van der Waals surface area (Å²) in [6, 6.07) is 11.9. The van der Waals surface area contributed by atoms with E-state index in [4.69, 9.17) is 0 Å². The first-order valence-corrected chi connectivity index (χ1v) is 12.3.